The topological polar surface area (TPSA) is 70.5 Å². The summed E-state index contributed by atoms with van der Waals surface area (Å²) in [6.07, 6.45) is 0. The Bertz CT molecular complexity index is 554. The summed E-state index contributed by atoms with van der Waals surface area (Å²) >= 11 is 1.66. The Morgan fingerprint density at radius 3 is 3.00 bits per heavy atom. The molecule has 102 valence electrons. The summed E-state index contributed by atoms with van der Waals surface area (Å²) in [7, 11) is 0. The van der Waals surface area contributed by atoms with Crippen molar-refractivity contribution in [2.75, 3.05) is 49.7 Å². The summed E-state index contributed by atoms with van der Waals surface area (Å²) < 4.78 is 6.49. The van der Waals surface area contributed by atoms with Crippen molar-refractivity contribution in [3.8, 4) is 0 Å². The number of rotatable bonds is 4. The van der Waals surface area contributed by atoms with Crippen molar-refractivity contribution in [1.29, 1.82) is 0 Å². The van der Waals surface area contributed by atoms with Crippen molar-refractivity contribution < 1.29 is 9.84 Å². The molecule has 7 heteroatoms. The third-order valence-corrected chi connectivity index (χ3v) is 3.89. The van der Waals surface area contributed by atoms with Crippen molar-refractivity contribution in [2.45, 2.75) is 0 Å². The Kier molecular flexibility index (Phi) is 3.77. The predicted molar refractivity (Wildman–Crippen MR) is 76.0 cm³/mol. The van der Waals surface area contributed by atoms with Gasteiger partial charge in [-0.3, -0.25) is 0 Å². The number of aliphatic hydroxyl groups is 1. The van der Waals surface area contributed by atoms with Crippen molar-refractivity contribution in [3.63, 3.8) is 0 Å². The molecule has 2 aromatic heterocycles. The number of anilines is 2. The van der Waals surface area contributed by atoms with Gasteiger partial charge in [0.1, 0.15) is 0 Å². The molecule has 0 aromatic carbocycles. The molecule has 2 aromatic rings. The lowest BCUT2D eigenvalue weighted by molar-refractivity contribution is 0.122. The summed E-state index contributed by atoms with van der Waals surface area (Å²) in [6, 6.07) is 2.00. The summed E-state index contributed by atoms with van der Waals surface area (Å²) in [4.78, 5) is 11.3. The zero-order valence-corrected chi connectivity index (χ0v) is 11.3. The van der Waals surface area contributed by atoms with Gasteiger partial charge in [0, 0.05) is 19.6 Å². The molecule has 6 nitrogen and oxygen atoms in total. The molecule has 0 atom stereocenters. The highest BCUT2D eigenvalue weighted by molar-refractivity contribution is 7.17. The van der Waals surface area contributed by atoms with Crippen LogP contribution < -0.4 is 10.2 Å². The Hall–Kier alpha value is -1.44. The maximum atomic E-state index is 8.88. The number of hydrogen-bond donors (Lipinski definition) is 2. The van der Waals surface area contributed by atoms with Gasteiger partial charge in [-0.2, -0.15) is 4.98 Å². The van der Waals surface area contributed by atoms with Crippen molar-refractivity contribution >= 4 is 33.3 Å². The van der Waals surface area contributed by atoms with Crippen LogP contribution in [0.5, 0.6) is 0 Å². The first-order chi connectivity index (χ1) is 9.38. The second-order valence-corrected chi connectivity index (χ2v) is 5.17. The second-order valence-electron chi connectivity index (χ2n) is 4.26. The lowest BCUT2D eigenvalue weighted by atomic mass is 10.3. The molecular weight excluding hydrogens is 264 g/mol. The van der Waals surface area contributed by atoms with Crippen LogP contribution in [0.3, 0.4) is 0 Å². The highest BCUT2D eigenvalue weighted by atomic mass is 32.1. The van der Waals surface area contributed by atoms with E-state index in [1.54, 1.807) is 11.3 Å². The Labute approximate surface area is 115 Å². The minimum Gasteiger partial charge on any atom is -0.395 e. The molecule has 0 amide bonds. The fraction of sp³-hybridized carbons (Fsp3) is 0.500. The highest BCUT2D eigenvalue weighted by Crippen LogP contribution is 2.30. The minimum atomic E-state index is 0.0674. The molecular formula is C12H16N4O2S. The Balaban J connectivity index is 1.97. The number of aliphatic hydroxyl groups excluding tert-OH is 1. The van der Waals surface area contributed by atoms with Crippen LogP contribution in [-0.4, -0.2) is 54.5 Å². The monoisotopic (exact) mass is 280 g/mol. The molecule has 3 rings (SSSR count). The minimum absolute atomic E-state index is 0.0674. The van der Waals surface area contributed by atoms with E-state index in [9.17, 15) is 0 Å². The number of fused-ring (bicyclic) bond motifs is 1. The quantitative estimate of drug-likeness (QED) is 0.868. The predicted octanol–water partition coefficient (Wildman–Crippen LogP) is 0.932. The van der Waals surface area contributed by atoms with E-state index < -0.39 is 0 Å². The van der Waals surface area contributed by atoms with Gasteiger partial charge in [0.05, 0.1) is 30.0 Å². The normalized spacial score (nSPS) is 15.9. The SMILES string of the molecule is OCCNc1nc(N2CCOCC2)c2sccc2n1. The van der Waals surface area contributed by atoms with Crippen LogP contribution in [0.15, 0.2) is 11.4 Å². The largest absolute Gasteiger partial charge is 0.395 e. The second kappa shape index (κ2) is 5.68. The molecule has 0 bridgehead atoms. The van der Waals surface area contributed by atoms with Crippen molar-refractivity contribution in [2.24, 2.45) is 0 Å². The van der Waals surface area contributed by atoms with Gasteiger partial charge in [-0.05, 0) is 11.4 Å². The highest BCUT2D eigenvalue weighted by Gasteiger charge is 2.18. The van der Waals surface area contributed by atoms with E-state index in [0.717, 1.165) is 42.3 Å². The summed E-state index contributed by atoms with van der Waals surface area (Å²) in [5.74, 6) is 1.53. The number of ether oxygens (including phenoxy) is 1. The van der Waals surface area contributed by atoms with Gasteiger partial charge in [-0.1, -0.05) is 0 Å². The molecule has 1 aliphatic heterocycles. The van der Waals surface area contributed by atoms with Crippen molar-refractivity contribution in [3.05, 3.63) is 11.4 Å². The smallest absolute Gasteiger partial charge is 0.225 e. The maximum absolute atomic E-state index is 8.88. The summed E-state index contributed by atoms with van der Waals surface area (Å²) in [5.41, 5.74) is 0.946. The third kappa shape index (κ3) is 2.63. The molecule has 0 spiro atoms. The average molecular weight is 280 g/mol. The molecule has 3 heterocycles. The molecule has 1 aliphatic rings. The first-order valence-electron chi connectivity index (χ1n) is 6.31. The number of morpholine rings is 1. The van der Waals surface area contributed by atoms with E-state index in [1.165, 1.54) is 0 Å². The van der Waals surface area contributed by atoms with Gasteiger partial charge >= 0.3 is 0 Å². The van der Waals surface area contributed by atoms with Gasteiger partial charge in [-0.25, -0.2) is 4.98 Å². The molecule has 19 heavy (non-hydrogen) atoms. The fourth-order valence-corrected chi connectivity index (χ4v) is 2.93. The molecule has 0 radical (unpaired) electrons. The number of aromatic nitrogens is 2. The number of nitrogens with zero attached hydrogens (tertiary/aromatic N) is 3. The van der Waals surface area contributed by atoms with E-state index in [0.29, 0.717) is 12.5 Å². The first kappa shape index (κ1) is 12.6. The van der Waals surface area contributed by atoms with Crippen LogP contribution in [0, 0.1) is 0 Å². The lowest BCUT2D eigenvalue weighted by Crippen LogP contribution is -2.37. The number of thiophene rings is 1. The molecule has 0 unspecified atom stereocenters. The van der Waals surface area contributed by atoms with E-state index in [-0.39, 0.29) is 6.61 Å². The van der Waals surface area contributed by atoms with E-state index in [2.05, 4.69) is 20.2 Å². The van der Waals surface area contributed by atoms with Gasteiger partial charge in [0.15, 0.2) is 5.82 Å². The van der Waals surface area contributed by atoms with Crippen LogP contribution in [0.4, 0.5) is 11.8 Å². The number of hydrogen-bond acceptors (Lipinski definition) is 7. The van der Waals surface area contributed by atoms with E-state index in [1.807, 2.05) is 11.4 Å². The zero-order valence-electron chi connectivity index (χ0n) is 10.5. The standard InChI is InChI=1S/C12H16N4O2S/c17-5-2-13-12-14-9-1-8-19-10(9)11(15-12)16-3-6-18-7-4-16/h1,8,17H,2-7H2,(H,13,14,15). The summed E-state index contributed by atoms with van der Waals surface area (Å²) in [6.45, 7) is 3.69. The maximum Gasteiger partial charge on any atom is 0.225 e. The van der Waals surface area contributed by atoms with Gasteiger partial charge in [0.25, 0.3) is 0 Å². The average Bonchev–Trinajstić information content (AvgIpc) is 2.93. The van der Waals surface area contributed by atoms with Crippen LogP contribution in [0.1, 0.15) is 0 Å². The van der Waals surface area contributed by atoms with E-state index in [4.69, 9.17) is 9.84 Å². The molecule has 0 saturated carbocycles. The first-order valence-corrected chi connectivity index (χ1v) is 7.19. The Morgan fingerprint density at radius 1 is 1.37 bits per heavy atom. The molecule has 1 saturated heterocycles. The van der Waals surface area contributed by atoms with Gasteiger partial charge < -0.3 is 20.1 Å². The van der Waals surface area contributed by atoms with Gasteiger partial charge in [0.2, 0.25) is 5.95 Å². The van der Waals surface area contributed by atoms with Crippen LogP contribution in [0.25, 0.3) is 10.2 Å². The van der Waals surface area contributed by atoms with Gasteiger partial charge in [-0.15, -0.1) is 11.3 Å². The van der Waals surface area contributed by atoms with Crippen LogP contribution in [0.2, 0.25) is 0 Å². The zero-order chi connectivity index (χ0) is 13.1. The van der Waals surface area contributed by atoms with Crippen LogP contribution in [-0.2, 0) is 4.74 Å². The molecule has 1 fully saturated rings. The fourth-order valence-electron chi connectivity index (χ4n) is 2.08. The Morgan fingerprint density at radius 2 is 2.21 bits per heavy atom. The van der Waals surface area contributed by atoms with Crippen LogP contribution >= 0.6 is 11.3 Å². The lowest BCUT2D eigenvalue weighted by Gasteiger charge is -2.28. The summed E-state index contributed by atoms with van der Waals surface area (Å²) in [5, 5.41) is 13.9. The number of nitrogens with one attached hydrogen (secondary N) is 1. The third-order valence-electron chi connectivity index (χ3n) is 2.99. The molecule has 0 aliphatic carbocycles. The van der Waals surface area contributed by atoms with Crippen molar-refractivity contribution in [1.82, 2.24) is 9.97 Å². The molecule has 2 N–H and O–H groups in total. The van der Waals surface area contributed by atoms with E-state index >= 15 is 0 Å².